The minimum atomic E-state index is 0.443. The first-order valence-corrected chi connectivity index (χ1v) is 4.05. The van der Waals surface area contributed by atoms with E-state index >= 15 is 0 Å². The number of terminal acetylenes is 1. The maximum Gasteiger partial charge on any atom is 0.0850 e. The Hall–Kier alpha value is -1.26. The third kappa shape index (κ3) is 1.66. The van der Waals surface area contributed by atoms with Crippen LogP contribution in [0, 0.1) is 12.3 Å². The highest BCUT2D eigenvalue weighted by molar-refractivity contribution is 5.35. The van der Waals surface area contributed by atoms with E-state index in [4.69, 9.17) is 11.2 Å². The van der Waals surface area contributed by atoms with E-state index < -0.39 is 0 Å². The topological polar surface area (TPSA) is 12.5 Å². The Morgan fingerprint density at radius 3 is 3.08 bits per heavy atom. The monoisotopic (exact) mass is 158 g/mol. The van der Waals surface area contributed by atoms with Gasteiger partial charge in [-0.2, -0.15) is 0 Å². The number of rotatable bonds is 2. The number of hydrogen-bond donors (Lipinski definition) is 0. The largest absolute Gasteiger partial charge is 0.373 e. The van der Waals surface area contributed by atoms with Crippen LogP contribution in [0.2, 0.25) is 0 Å². The molecule has 1 nitrogen and oxygen atoms in total. The molecule has 1 unspecified atom stereocenters. The molecule has 0 radical (unpaired) electrons. The third-order valence-corrected chi connectivity index (χ3v) is 1.96. The molecule has 1 aromatic carbocycles. The Bertz CT molecular complexity index is 318. The minimum Gasteiger partial charge on any atom is -0.373 e. The molecule has 60 valence electrons. The van der Waals surface area contributed by atoms with Crippen molar-refractivity contribution in [1.82, 2.24) is 0 Å². The summed E-state index contributed by atoms with van der Waals surface area (Å²) in [7, 11) is 0. The summed E-state index contributed by atoms with van der Waals surface area (Å²) in [6.45, 7) is 0.903. The SMILES string of the molecule is C#Cc1cccc(CC2CO2)c1. The van der Waals surface area contributed by atoms with Crippen molar-refractivity contribution in [3.63, 3.8) is 0 Å². The standard InChI is InChI=1S/C11H10O/c1-2-9-4-3-5-10(6-9)7-11-8-12-11/h1,3-6,11H,7-8H2. The lowest BCUT2D eigenvalue weighted by molar-refractivity contribution is 0.407. The fourth-order valence-corrected chi connectivity index (χ4v) is 1.24. The van der Waals surface area contributed by atoms with E-state index in [1.165, 1.54) is 5.56 Å². The van der Waals surface area contributed by atoms with Gasteiger partial charge in [-0.15, -0.1) is 6.42 Å². The molecule has 1 aromatic rings. The zero-order chi connectivity index (χ0) is 8.39. The van der Waals surface area contributed by atoms with Gasteiger partial charge in [0.1, 0.15) is 0 Å². The molecule has 1 saturated heterocycles. The molecule has 1 aliphatic heterocycles. The second kappa shape index (κ2) is 3.00. The summed E-state index contributed by atoms with van der Waals surface area (Å²) < 4.78 is 5.13. The van der Waals surface area contributed by atoms with E-state index in [1.807, 2.05) is 18.2 Å². The smallest absolute Gasteiger partial charge is 0.0850 e. The normalized spacial score (nSPS) is 20.1. The van der Waals surface area contributed by atoms with Crippen LogP contribution in [0.1, 0.15) is 11.1 Å². The van der Waals surface area contributed by atoms with Crippen LogP contribution < -0.4 is 0 Å². The van der Waals surface area contributed by atoms with Gasteiger partial charge in [0, 0.05) is 12.0 Å². The molecule has 0 aliphatic carbocycles. The average Bonchev–Trinajstić information content (AvgIpc) is 2.89. The highest BCUT2D eigenvalue weighted by atomic mass is 16.6. The first-order valence-electron chi connectivity index (χ1n) is 4.05. The van der Waals surface area contributed by atoms with Crippen molar-refractivity contribution in [2.45, 2.75) is 12.5 Å². The van der Waals surface area contributed by atoms with Gasteiger partial charge in [0.25, 0.3) is 0 Å². The Labute approximate surface area is 72.4 Å². The van der Waals surface area contributed by atoms with E-state index in [9.17, 15) is 0 Å². The van der Waals surface area contributed by atoms with Crippen molar-refractivity contribution < 1.29 is 4.74 Å². The molecule has 1 atom stereocenters. The lowest BCUT2D eigenvalue weighted by atomic mass is 10.1. The zero-order valence-electron chi connectivity index (χ0n) is 6.79. The summed E-state index contributed by atoms with van der Waals surface area (Å²) in [6.07, 6.45) is 6.72. The second-order valence-corrected chi connectivity index (χ2v) is 3.00. The van der Waals surface area contributed by atoms with Gasteiger partial charge in [-0.05, 0) is 17.7 Å². The number of benzene rings is 1. The molecule has 0 amide bonds. The second-order valence-electron chi connectivity index (χ2n) is 3.00. The van der Waals surface area contributed by atoms with Crippen LogP contribution in [0.5, 0.6) is 0 Å². The van der Waals surface area contributed by atoms with Crippen molar-refractivity contribution in [3.8, 4) is 12.3 Å². The van der Waals surface area contributed by atoms with Crippen LogP contribution in [0.3, 0.4) is 0 Å². The Morgan fingerprint density at radius 2 is 2.42 bits per heavy atom. The third-order valence-electron chi connectivity index (χ3n) is 1.96. The lowest BCUT2D eigenvalue weighted by Crippen LogP contribution is -1.92. The first-order chi connectivity index (χ1) is 5.88. The van der Waals surface area contributed by atoms with E-state index in [-0.39, 0.29) is 0 Å². The Balaban J connectivity index is 2.15. The van der Waals surface area contributed by atoms with Gasteiger partial charge in [-0.1, -0.05) is 18.1 Å². The van der Waals surface area contributed by atoms with E-state index in [0.717, 1.165) is 18.6 Å². The van der Waals surface area contributed by atoms with Crippen LogP contribution in [0.15, 0.2) is 24.3 Å². The Morgan fingerprint density at radius 1 is 1.58 bits per heavy atom. The maximum atomic E-state index is 5.28. The maximum absolute atomic E-state index is 5.28. The summed E-state index contributed by atoms with van der Waals surface area (Å²) in [5.74, 6) is 2.62. The van der Waals surface area contributed by atoms with Gasteiger partial charge in [0.15, 0.2) is 0 Å². The summed E-state index contributed by atoms with van der Waals surface area (Å²) in [5, 5.41) is 0. The predicted octanol–water partition coefficient (Wildman–Crippen LogP) is 1.61. The Kier molecular flexibility index (Phi) is 1.85. The van der Waals surface area contributed by atoms with Gasteiger partial charge in [0.2, 0.25) is 0 Å². The fraction of sp³-hybridized carbons (Fsp3) is 0.273. The van der Waals surface area contributed by atoms with Crippen molar-refractivity contribution in [2.24, 2.45) is 0 Å². The minimum absolute atomic E-state index is 0.443. The molecule has 1 fully saturated rings. The van der Waals surface area contributed by atoms with Gasteiger partial charge in [0.05, 0.1) is 12.7 Å². The molecule has 1 heteroatoms. The van der Waals surface area contributed by atoms with Crippen molar-refractivity contribution in [3.05, 3.63) is 35.4 Å². The van der Waals surface area contributed by atoms with Gasteiger partial charge in [-0.3, -0.25) is 0 Å². The molecular weight excluding hydrogens is 148 g/mol. The van der Waals surface area contributed by atoms with Gasteiger partial charge >= 0.3 is 0 Å². The van der Waals surface area contributed by atoms with Crippen molar-refractivity contribution >= 4 is 0 Å². The van der Waals surface area contributed by atoms with Crippen LogP contribution >= 0.6 is 0 Å². The highest BCUT2D eigenvalue weighted by Crippen LogP contribution is 2.16. The van der Waals surface area contributed by atoms with Crippen molar-refractivity contribution in [2.75, 3.05) is 6.61 Å². The van der Waals surface area contributed by atoms with Crippen LogP contribution in [-0.2, 0) is 11.2 Å². The predicted molar refractivity (Wildman–Crippen MR) is 47.8 cm³/mol. The van der Waals surface area contributed by atoms with Crippen LogP contribution in [-0.4, -0.2) is 12.7 Å². The first kappa shape index (κ1) is 7.39. The molecule has 0 aromatic heterocycles. The van der Waals surface area contributed by atoms with Crippen molar-refractivity contribution in [1.29, 1.82) is 0 Å². The van der Waals surface area contributed by atoms with Gasteiger partial charge in [-0.25, -0.2) is 0 Å². The molecule has 0 N–H and O–H groups in total. The molecule has 0 spiro atoms. The molecule has 2 rings (SSSR count). The number of epoxide rings is 1. The molecule has 1 aliphatic rings. The summed E-state index contributed by atoms with van der Waals surface area (Å²) in [4.78, 5) is 0. The molecule has 1 heterocycles. The molecule has 0 bridgehead atoms. The average molecular weight is 158 g/mol. The van der Waals surface area contributed by atoms with Crippen LogP contribution in [0.4, 0.5) is 0 Å². The van der Waals surface area contributed by atoms with Crippen LogP contribution in [0.25, 0.3) is 0 Å². The highest BCUT2D eigenvalue weighted by Gasteiger charge is 2.22. The lowest BCUT2D eigenvalue weighted by Gasteiger charge is -1.97. The number of hydrogen-bond acceptors (Lipinski definition) is 1. The van der Waals surface area contributed by atoms with E-state index in [0.29, 0.717) is 6.10 Å². The molecule has 0 saturated carbocycles. The summed E-state index contributed by atoms with van der Waals surface area (Å²) >= 11 is 0. The quantitative estimate of drug-likeness (QED) is 0.470. The molecular formula is C11H10O. The fourth-order valence-electron chi connectivity index (χ4n) is 1.24. The van der Waals surface area contributed by atoms with E-state index in [2.05, 4.69) is 12.0 Å². The van der Waals surface area contributed by atoms with Gasteiger partial charge < -0.3 is 4.74 Å². The molecule has 12 heavy (non-hydrogen) atoms. The van der Waals surface area contributed by atoms with E-state index in [1.54, 1.807) is 0 Å². The summed E-state index contributed by atoms with van der Waals surface area (Å²) in [5.41, 5.74) is 2.22. The number of ether oxygens (including phenoxy) is 1. The zero-order valence-corrected chi connectivity index (χ0v) is 6.79. The summed E-state index contributed by atoms with van der Waals surface area (Å²) in [6, 6.07) is 8.06.